The zero-order chi connectivity index (χ0) is 18.6. The SMILES string of the molecule is COc1ccccc1N1CCCCC(N(C)C(=O)OC(C)(C)C)C1=O. The Bertz CT molecular complexity index is 624. The summed E-state index contributed by atoms with van der Waals surface area (Å²) in [5, 5.41) is 0. The number of ether oxygens (including phenoxy) is 2. The number of carbonyl (C=O) groups excluding carboxylic acids is 2. The molecule has 1 unspecified atom stereocenters. The molecule has 1 aliphatic heterocycles. The second-order valence-electron chi connectivity index (χ2n) is 7.26. The van der Waals surface area contributed by atoms with E-state index in [1.54, 1.807) is 19.1 Å². The lowest BCUT2D eigenvalue weighted by molar-refractivity contribution is -0.123. The number of nitrogens with zero attached hydrogens (tertiary/aromatic N) is 2. The number of amides is 2. The lowest BCUT2D eigenvalue weighted by Gasteiger charge is -2.32. The standard InChI is InChI=1S/C19H28N2O4/c1-19(2,3)25-18(23)20(4)15-11-8-9-13-21(17(15)22)14-10-6-7-12-16(14)24-5/h6-7,10,12,15H,8-9,11,13H2,1-5H3. The highest BCUT2D eigenvalue weighted by molar-refractivity contribution is 6.00. The van der Waals surface area contributed by atoms with Gasteiger partial charge in [-0.2, -0.15) is 0 Å². The van der Waals surface area contributed by atoms with E-state index in [1.165, 1.54) is 4.90 Å². The Morgan fingerprint density at radius 2 is 1.92 bits per heavy atom. The van der Waals surface area contributed by atoms with Crippen molar-refractivity contribution in [3.63, 3.8) is 0 Å². The Balaban J connectivity index is 2.25. The fraction of sp³-hybridized carbons (Fsp3) is 0.579. The van der Waals surface area contributed by atoms with Crippen molar-refractivity contribution in [3.8, 4) is 5.75 Å². The third kappa shape index (κ3) is 4.65. The van der Waals surface area contributed by atoms with Crippen molar-refractivity contribution < 1.29 is 19.1 Å². The molecule has 138 valence electrons. The van der Waals surface area contributed by atoms with E-state index >= 15 is 0 Å². The van der Waals surface area contributed by atoms with Crippen LogP contribution in [0.3, 0.4) is 0 Å². The van der Waals surface area contributed by atoms with Crippen molar-refractivity contribution in [2.24, 2.45) is 0 Å². The Labute approximate surface area is 149 Å². The molecule has 0 aromatic heterocycles. The maximum Gasteiger partial charge on any atom is 0.410 e. The molecule has 0 aliphatic carbocycles. The van der Waals surface area contributed by atoms with Crippen LogP contribution in [0.2, 0.25) is 0 Å². The predicted molar refractivity (Wildman–Crippen MR) is 97.0 cm³/mol. The molecule has 1 heterocycles. The van der Waals surface area contributed by atoms with E-state index < -0.39 is 17.7 Å². The van der Waals surface area contributed by atoms with Gasteiger partial charge in [0.05, 0.1) is 12.8 Å². The molecule has 1 atom stereocenters. The van der Waals surface area contributed by atoms with Gasteiger partial charge in [-0.3, -0.25) is 9.69 Å². The Kier molecular flexibility index (Phi) is 5.93. The summed E-state index contributed by atoms with van der Waals surface area (Å²) in [4.78, 5) is 28.7. The van der Waals surface area contributed by atoms with Crippen molar-refractivity contribution in [1.29, 1.82) is 0 Å². The number of likely N-dealkylation sites (N-methyl/N-ethyl adjacent to an activating group) is 1. The minimum Gasteiger partial charge on any atom is -0.495 e. The molecule has 6 heteroatoms. The molecule has 25 heavy (non-hydrogen) atoms. The van der Waals surface area contributed by atoms with Crippen LogP contribution in [0.15, 0.2) is 24.3 Å². The van der Waals surface area contributed by atoms with Crippen molar-refractivity contribution in [2.75, 3.05) is 25.6 Å². The number of anilines is 1. The molecule has 0 N–H and O–H groups in total. The fourth-order valence-corrected chi connectivity index (χ4v) is 2.93. The van der Waals surface area contributed by atoms with Crippen LogP contribution < -0.4 is 9.64 Å². The van der Waals surface area contributed by atoms with Crippen LogP contribution in [0.1, 0.15) is 40.0 Å². The minimum atomic E-state index is -0.596. The number of benzene rings is 1. The third-order valence-corrected chi connectivity index (χ3v) is 4.19. The van der Waals surface area contributed by atoms with E-state index in [4.69, 9.17) is 9.47 Å². The van der Waals surface area contributed by atoms with Crippen LogP contribution in [0.5, 0.6) is 5.75 Å². The summed E-state index contributed by atoms with van der Waals surface area (Å²) in [6.07, 6.45) is 1.89. The topological polar surface area (TPSA) is 59.1 Å². The number of hydrogen-bond donors (Lipinski definition) is 0. The van der Waals surface area contributed by atoms with E-state index in [2.05, 4.69) is 0 Å². The summed E-state index contributed by atoms with van der Waals surface area (Å²) < 4.78 is 10.8. The van der Waals surface area contributed by atoms with Crippen LogP contribution in [-0.4, -0.2) is 49.2 Å². The number of hydrogen-bond acceptors (Lipinski definition) is 4. The molecule has 1 aliphatic rings. The monoisotopic (exact) mass is 348 g/mol. The molecule has 1 saturated heterocycles. The molecule has 2 amide bonds. The first kappa shape index (κ1) is 19.1. The molecular weight excluding hydrogens is 320 g/mol. The second kappa shape index (κ2) is 7.76. The molecule has 1 aromatic carbocycles. The largest absolute Gasteiger partial charge is 0.495 e. The molecule has 1 aromatic rings. The average Bonchev–Trinajstić information content (AvgIpc) is 2.74. The summed E-state index contributed by atoms with van der Waals surface area (Å²) in [6, 6.07) is 6.91. The summed E-state index contributed by atoms with van der Waals surface area (Å²) in [6.45, 7) is 6.05. The van der Waals surface area contributed by atoms with E-state index in [-0.39, 0.29) is 5.91 Å². The molecule has 0 spiro atoms. The zero-order valence-corrected chi connectivity index (χ0v) is 15.7. The molecular formula is C19H28N2O4. The van der Waals surface area contributed by atoms with Gasteiger partial charge in [0, 0.05) is 13.6 Å². The highest BCUT2D eigenvalue weighted by atomic mass is 16.6. The van der Waals surface area contributed by atoms with E-state index in [0.717, 1.165) is 18.5 Å². The molecule has 0 radical (unpaired) electrons. The van der Waals surface area contributed by atoms with Crippen LogP contribution in [0, 0.1) is 0 Å². The van der Waals surface area contributed by atoms with Gasteiger partial charge in [-0.1, -0.05) is 12.1 Å². The first-order valence-electron chi connectivity index (χ1n) is 8.65. The summed E-state index contributed by atoms with van der Waals surface area (Å²) in [5.74, 6) is 0.548. The summed E-state index contributed by atoms with van der Waals surface area (Å²) >= 11 is 0. The van der Waals surface area contributed by atoms with Gasteiger partial charge < -0.3 is 14.4 Å². The predicted octanol–water partition coefficient (Wildman–Crippen LogP) is 3.45. The van der Waals surface area contributed by atoms with Crippen LogP contribution in [-0.2, 0) is 9.53 Å². The zero-order valence-electron chi connectivity index (χ0n) is 15.7. The summed E-state index contributed by atoms with van der Waals surface area (Å²) in [7, 11) is 3.22. The number of rotatable bonds is 3. The maximum atomic E-state index is 13.1. The van der Waals surface area contributed by atoms with Crippen molar-refractivity contribution in [2.45, 2.75) is 51.7 Å². The van der Waals surface area contributed by atoms with Crippen LogP contribution in [0.25, 0.3) is 0 Å². The van der Waals surface area contributed by atoms with Crippen molar-refractivity contribution in [1.82, 2.24) is 4.90 Å². The Morgan fingerprint density at radius 3 is 2.56 bits per heavy atom. The van der Waals surface area contributed by atoms with Gasteiger partial charge in [-0.25, -0.2) is 4.79 Å². The Morgan fingerprint density at radius 1 is 1.24 bits per heavy atom. The summed E-state index contributed by atoms with van der Waals surface area (Å²) in [5.41, 5.74) is 0.140. The van der Waals surface area contributed by atoms with Gasteiger partial charge in [0.15, 0.2) is 0 Å². The van der Waals surface area contributed by atoms with E-state index in [9.17, 15) is 9.59 Å². The second-order valence-corrected chi connectivity index (χ2v) is 7.26. The van der Waals surface area contributed by atoms with E-state index in [1.807, 2.05) is 45.0 Å². The van der Waals surface area contributed by atoms with Gasteiger partial charge in [0.25, 0.3) is 0 Å². The number of para-hydroxylation sites is 2. The highest BCUT2D eigenvalue weighted by Crippen LogP contribution is 2.31. The molecule has 1 fully saturated rings. The van der Waals surface area contributed by atoms with E-state index in [0.29, 0.717) is 18.7 Å². The lowest BCUT2D eigenvalue weighted by Crippen LogP contribution is -2.49. The highest BCUT2D eigenvalue weighted by Gasteiger charge is 2.35. The number of carbonyl (C=O) groups is 2. The maximum absolute atomic E-state index is 13.1. The molecule has 2 rings (SSSR count). The molecule has 6 nitrogen and oxygen atoms in total. The van der Waals surface area contributed by atoms with Crippen LogP contribution in [0.4, 0.5) is 10.5 Å². The quantitative estimate of drug-likeness (QED) is 0.839. The minimum absolute atomic E-state index is 0.102. The Hall–Kier alpha value is -2.24. The third-order valence-electron chi connectivity index (χ3n) is 4.19. The molecule has 0 bridgehead atoms. The first-order valence-corrected chi connectivity index (χ1v) is 8.65. The first-order chi connectivity index (χ1) is 11.7. The number of methoxy groups -OCH3 is 1. The average molecular weight is 348 g/mol. The van der Waals surface area contributed by atoms with Crippen molar-refractivity contribution in [3.05, 3.63) is 24.3 Å². The van der Waals surface area contributed by atoms with Gasteiger partial charge in [0.2, 0.25) is 5.91 Å². The van der Waals surface area contributed by atoms with Gasteiger partial charge in [0.1, 0.15) is 17.4 Å². The van der Waals surface area contributed by atoms with Gasteiger partial charge in [-0.05, 0) is 52.2 Å². The van der Waals surface area contributed by atoms with Gasteiger partial charge >= 0.3 is 6.09 Å². The fourth-order valence-electron chi connectivity index (χ4n) is 2.93. The smallest absolute Gasteiger partial charge is 0.410 e. The lowest BCUT2D eigenvalue weighted by atomic mass is 10.1. The van der Waals surface area contributed by atoms with Gasteiger partial charge in [-0.15, -0.1) is 0 Å². The molecule has 0 saturated carbocycles. The van der Waals surface area contributed by atoms with Crippen molar-refractivity contribution >= 4 is 17.7 Å². The normalized spacial score (nSPS) is 18.5. The van der Waals surface area contributed by atoms with Crippen LogP contribution >= 0.6 is 0 Å².